The Morgan fingerprint density at radius 2 is 1.86 bits per heavy atom. The summed E-state index contributed by atoms with van der Waals surface area (Å²) in [6.45, 7) is 0.589. The van der Waals surface area contributed by atoms with Gasteiger partial charge in [0, 0.05) is 6.54 Å². The van der Waals surface area contributed by atoms with Gasteiger partial charge in [-0.15, -0.1) is 0 Å². The number of carbonyl (C=O) groups excluding carboxylic acids is 1. The summed E-state index contributed by atoms with van der Waals surface area (Å²) >= 11 is 0. The number of nitrogens with one attached hydrogen (secondary N) is 1. The maximum Gasteiger partial charge on any atom is 0.407 e. The molecule has 2 N–H and O–H groups in total. The highest BCUT2D eigenvalue weighted by molar-refractivity contribution is 5.69. The Balaban J connectivity index is 1.78. The zero-order valence-electron chi connectivity index (χ0n) is 12.0. The molecule has 1 saturated carbocycles. The summed E-state index contributed by atoms with van der Waals surface area (Å²) < 4.78 is 5.14. The molecule has 0 unspecified atom stereocenters. The van der Waals surface area contributed by atoms with Gasteiger partial charge in [-0.2, -0.15) is 0 Å². The van der Waals surface area contributed by atoms with Gasteiger partial charge in [0.25, 0.3) is 0 Å². The van der Waals surface area contributed by atoms with E-state index < -0.39 is 12.1 Å². The second-order valence-corrected chi connectivity index (χ2v) is 5.69. The van der Waals surface area contributed by atoms with Crippen LogP contribution in [0.1, 0.15) is 37.7 Å². The minimum absolute atomic E-state index is 0.103. The summed E-state index contributed by atoms with van der Waals surface area (Å²) in [5, 5.41) is 11.7. The molecule has 0 heterocycles. The molecular formula is C16H21NO4. The van der Waals surface area contributed by atoms with Crippen LogP contribution in [0.25, 0.3) is 0 Å². The van der Waals surface area contributed by atoms with Crippen LogP contribution in [0.15, 0.2) is 30.3 Å². The predicted molar refractivity (Wildman–Crippen MR) is 77.8 cm³/mol. The van der Waals surface area contributed by atoms with Crippen LogP contribution >= 0.6 is 0 Å². The average molecular weight is 291 g/mol. The number of benzene rings is 1. The van der Waals surface area contributed by atoms with Crippen molar-refractivity contribution in [3.05, 3.63) is 35.9 Å². The topological polar surface area (TPSA) is 75.6 Å². The molecule has 0 saturated heterocycles. The second-order valence-electron chi connectivity index (χ2n) is 5.69. The summed E-state index contributed by atoms with van der Waals surface area (Å²) in [7, 11) is 0. The first kappa shape index (κ1) is 15.4. The van der Waals surface area contributed by atoms with Crippen molar-refractivity contribution in [2.24, 2.45) is 5.41 Å². The fourth-order valence-electron chi connectivity index (χ4n) is 2.90. The molecule has 1 amide bonds. The largest absolute Gasteiger partial charge is 0.481 e. The molecule has 1 aromatic carbocycles. The standard InChI is InChI=1S/C16H21NO4/c18-14(19)10-16(8-4-5-9-16)12-17-15(20)21-11-13-6-2-1-3-7-13/h1-3,6-7H,4-5,8-12H2,(H,17,20)(H,18,19). The molecule has 1 aromatic rings. The molecule has 0 aromatic heterocycles. The Morgan fingerprint density at radius 3 is 2.48 bits per heavy atom. The Kier molecular flexibility index (Phi) is 5.20. The molecule has 0 spiro atoms. The maximum absolute atomic E-state index is 11.7. The molecule has 1 aliphatic rings. The van der Waals surface area contributed by atoms with Crippen LogP contribution in [0.2, 0.25) is 0 Å². The Labute approximate surface area is 124 Å². The van der Waals surface area contributed by atoms with Crippen LogP contribution in [-0.2, 0) is 16.1 Å². The molecule has 2 rings (SSSR count). The third-order valence-corrected chi connectivity index (χ3v) is 4.01. The Morgan fingerprint density at radius 1 is 1.19 bits per heavy atom. The van der Waals surface area contributed by atoms with Gasteiger partial charge in [0.1, 0.15) is 6.61 Å². The number of aliphatic carboxylic acids is 1. The average Bonchev–Trinajstić information content (AvgIpc) is 2.92. The van der Waals surface area contributed by atoms with Gasteiger partial charge in [0.2, 0.25) is 0 Å². The highest BCUT2D eigenvalue weighted by Gasteiger charge is 2.36. The van der Waals surface area contributed by atoms with Gasteiger partial charge in [-0.05, 0) is 23.8 Å². The van der Waals surface area contributed by atoms with Gasteiger partial charge in [0.15, 0.2) is 0 Å². The third-order valence-electron chi connectivity index (χ3n) is 4.01. The summed E-state index contributed by atoms with van der Waals surface area (Å²) in [5.41, 5.74) is 0.617. The van der Waals surface area contributed by atoms with Crippen LogP contribution in [-0.4, -0.2) is 23.7 Å². The predicted octanol–water partition coefficient (Wildman–Crippen LogP) is 2.95. The van der Waals surface area contributed by atoms with E-state index >= 15 is 0 Å². The van der Waals surface area contributed by atoms with Crippen molar-refractivity contribution < 1.29 is 19.4 Å². The lowest BCUT2D eigenvalue weighted by Gasteiger charge is -2.27. The first-order valence-corrected chi connectivity index (χ1v) is 7.26. The van der Waals surface area contributed by atoms with E-state index in [1.807, 2.05) is 30.3 Å². The van der Waals surface area contributed by atoms with Crippen LogP contribution in [0, 0.1) is 5.41 Å². The number of alkyl carbamates (subject to hydrolysis) is 1. The first-order valence-electron chi connectivity index (χ1n) is 7.26. The molecular weight excluding hydrogens is 270 g/mol. The van der Waals surface area contributed by atoms with Crippen LogP contribution in [0.3, 0.4) is 0 Å². The molecule has 114 valence electrons. The van der Waals surface area contributed by atoms with Crippen LogP contribution in [0.5, 0.6) is 0 Å². The Hall–Kier alpha value is -2.04. The van der Waals surface area contributed by atoms with Crippen molar-refractivity contribution in [3.8, 4) is 0 Å². The van der Waals surface area contributed by atoms with Crippen molar-refractivity contribution >= 4 is 12.1 Å². The molecule has 0 bridgehead atoms. The maximum atomic E-state index is 11.7. The summed E-state index contributed by atoms with van der Waals surface area (Å²) in [4.78, 5) is 22.7. The van der Waals surface area contributed by atoms with E-state index in [0.29, 0.717) is 6.54 Å². The van der Waals surface area contributed by atoms with E-state index in [1.54, 1.807) is 0 Å². The van der Waals surface area contributed by atoms with Gasteiger partial charge < -0.3 is 15.2 Å². The number of rotatable bonds is 6. The molecule has 21 heavy (non-hydrogen) atoms. The smallest absolute Gasteiger partial charge is 0.407 e. The number of amides is 1. The highest BCUT2D eigenvalue weighted by Crippen LogP contribution is 2.40. The zero-order valence-corrected chi connectivity index (χ0v) is 12.0. The lowest BCUT2D eigenvalue weighted by atomic mass is 9.82. The monoisotopic (exact) mass is 291 g/mol. The van der Waals surface area contributed by atoms with Gasteiger partial charge in [-0.3, -0.25) is 4.79 Å². The number of carbonyl (C=O) groups is 2. The van der Waals surface area contributed by atoms with Crippen LogP contribution in [0.4, 0.5) is 4.79 Å². The molecule has 0 atom stereocenters. The molecule has 0 aliphatic heterocycles. The number of hydrogen-bond donors (Lipinski definition) is 2. The van der Waals surface area contributed by atoms with Crippen molar-refractivity contribution in [1.82, 2.24) is 5.32 Å². The van der Waals surface area contributed by atoms with Crippen molar-refractivity contribution in [2.75, 3.05) is 6.54 Å². The lowest BCUT2D eigenvalue weighted by Crippen LogP contribution is -2.37. The summed E-state index contributed by atoms with van der Waals surface area (Å²) in [6, 6.07) is 9.44. The van der Waals surface area contributed by atoms with Crippen molar-refractivity contribution in [2.45, 2.75) is 38.7 Å². The fraction of sp³-hybridized carbons (Fsp3) is 0.500. The summed E-state index contributed by atoms with van der Waals surface area (Å²) in [6.07, 6.45) is 3.35. The number of carboxylic acids is 1. The quantitative estimate of drug-likeness (QED) is 0.845. The SMILES string of the molecule is O=C(O)CC1(CNC(=O)OCc2ccccc2)CCCC1. The highest BCUT2D eigenvalue weighted by atomic mass is 16.5. The number of carboxylic acid groups (broad SMARTS) is 1. The van der Waals surface area contributed by atoms with Gasteiger partial charge in [0.05, 0.1) is 6.42 Å². The first-order chi connectivity index (χ1) is 10.1. The van der Waals surface area contributed by atoms with E-state index in [1.165, 1.54) is 0 Å². The fourth-order valence-corrected chi connectivity index (χ4v) is 2.90. The lowest BCUT2D eigenvalue weighted by molar-refractivity contribution is -0.139. The van der Waals surface area contributed by atoms with Gasteiger partial charge in [-0.1, -0.05) is 43.2 Å². The number of hydrogen-bond acceptors (Lipinski definition) is 3. The van der Waals surface area contributed by atoms with E-state index in [9.17, 15) is 9.59 Å². The minimum atomic E-state index is -0.809. The van der Waals surface area contributed by atoms with E-state index in [-0.39, 0.29) is 18.4 Å². The molecule has 1 aliphatic carbocycles. The Bertz CT molecular complexity index is 480. The van der Waals surface area contributed by atoms with Crippen molar-refractivity contribution in [3.63, 3.8) is 0 Å². The van der Waals surface area contributed by atoms with Crippen molar-refractivity contribution in [1.29, 1.82) is 0 Å². The molecule has 0 radical (unpaired) electrons. The summed E-state index contributed by atoms with van der Waals surface area (Å²) in [5.74, 6) is -0.809. The van der Waals surface area contributed by atoms with Gasteiger partial charge >= 0.3 is 12.1 Å². The minimum Gasteiger partial charge on any atom is -0.481 e. The number of ether oxygens (including phenoxy) is 1. The van der Waals surface area contributed by atoms with Crippen LogP contribution < -0.4 is 5.32 Å². The molecule has 5 nitrogen and oxygen atoms in total. The van der Waals surface area contributed by atoms with Gasteiger partial charge in [-0.25, -0.2) is 4.79 Å². The molecule has 1 fully saturated rings. The zero-order chi connectivity index (χ0) is 15.1. The molecule has 5 heteroatoms. The second kappa shape index (κ2) is 7.11. The third kappa shape index (κ3) is 4.77. The van der Waals surface area contributed by atoms with E-state index in [2.05, 4.69) is 5.32 Å². The van der Waals surface area contributed by atoms with E-state index in [4.69, 9.17) is 9.84 Å². The normalized spacial score (nSPS) is 16.4. The van der Waals surface area contributed by atoms with E-state index in [0.717, 1.165) is 31.2 Å².